The molecule has 0 aromatic heterocycles. The third kappa shape index (κ3) is 2.97. The lowest BCUT2D eigenvalue weighted by Gasteiger charge is -2.24. The Bertz CT molecular complexity index is 404. The van der Waals surface area contributed by atoms with E-state index in [-0.39, 0.29) is 11.9 Å². The predicted octanol–water partition coefficient (Wildman–Crippen LogP) is 1.42. The Kier molecular flexibility index (Phi) is 4.52. The first-order valence-electron chi connectivity index (χ1n) is 5.63. The van der Waals surface area contributed by atoms with Crippen molar-refractivity contribution in [3.63, 3.8) is 0 Å². The van der Waals surface area contributed by atoms with Gasteiger partial charge >= 0.3 is 0 Å². The summed E-state index contributed by atoms with van der Waals surface area (Å²) in [5, 5.41) is 0. The maximum absolute atomic E-state index is 12.3. The minimum Gasteiger partial charge on any atom is -0.496 e. The van der Waals surface area contributed by atoms with E-state index in [0.29, 0.717) is 17.9 Å². The zero-order valence-corrected chi connectivity index (χ0v) is 10.9. The molecule has 4 nitrogen and oxygen atoms in total. The van der Waals surface area contributed by atoms with Crippen molar-refractivity contribution in [3.8, 4) is 5.75 Å². The quantitative estimate of drug-likeness (QED) is 0.860. The van der Waals surface area contributed by atoms with Gasteiger partial charge in [-0.3, -0.25) is 4.79 Å². The average molecular weight is 236 g/mol. The molecule has 1 aromatic rings. The molecule has 0 radical (unpaired) electrons. The fraction of sp³-hybridized carbons (Fsp3) is 0.462. The van der Waals surface area contributed by atoms with Crippen LogP contribution in [0.25, 0.3) is 0 Å². The number of nitrogens with zero attached hydrogens (tertiary/aromatic N) is 1. The van der Waals surface area contributed by atoms with Crippen LogP contribution in [0.4, 0.5) is 0 Å². The van der Waals surface area contributed by atoms with Crippen LogP contribution in [0.2, 0.25) is 0 Å². The predicted molar refractivity (Wildman–Crippen MR) is 68.3 cm³/mol. The molecule has 0 aliphatic rings. The molecule has 94 valence electrons. The Morgan fingerprint density at radius 1 is 1.53 bits per heavy atom. The molecule has 0 fully saturated rings. The summed E-state index contributed by atoms with van der Waals surface area (Å²) in [6.45, 7) is 4.30. The van der Waals surface area contributed by atoms with Crippen LogP contribution in [0.15, 0.2) is 18.2 Å². The van der Waals surface area contributed by atoms with Gasteiger partial charge in [0.25, 0.3) is 5.91 Å². The lowest BCUT2D eigenvalue weighted by atomic mass is 10.1. The smallest absolute Gasteiger partial charge is 0.257 e. The minimum atomic E-state index is -0.0662. The SMILES string of the molecule is COc1ccc(C)cc1C(=O)N(C)C(C)CN. The highest BCUT2D eigenvalue weighted by Gasteiger charge is 2.19. The Morgan fingerprint density at radius 3 is 2.71 bits per heavy atom. The van der Waals surface area contributed by atoms with Crippen LogP contribution in [-0.2, 0) is 0 Å². The standard InChI is InChI=1S/C13H20N2O2/c1-9-5-6-12(17-4)11(7-9)13(16)15(3)10(2)8-14/h5-7,10H,8,14H2,1-4H3. The monoisotopic (exact) mass is 236 g/mol. The molecule has 1 atom stereocenters. The van der Waals surface area contributed by atoms with Crippen LogP contribution in [-0.4, -0.2) is 37.6 Å². The fourth-order valence-electron chi connectivity index (χ4n) is 1.54. The van der Waals surface area contributed by atoms with Crippen molar-refractivity contribution >= 4 is 5.91 Å². The van der Waals surface area contributed by atoms with Crippen molar-refractivity contribution in [3.05, 3.63) is 29.3 Å². The Labute approximate surface area is 102 Å². The zero-order valence-electron chi connectivity index (χ0n) is 10.9. The van der Waals surface area contributed by atoms with Crippen molar-refractivity contribution in [2.24, 2.45) is 5.73 Å². The Morgan fingerprint density at radius 2 is 2.18 bits per heavy atom. The summed E-state index contributed by atoms with van der Waals surface area (Å²) in [5.41, 5.74) is 7.17. The van der Waals surface area contributed by atoms with Gasteiger partial charge in [0, 0.05) is 19.6 Å². The number of likely N-dealkylation sites (N-methyl/N-ethyl adjacent to an activating group) is 1. The van der Waals surface area contributed by atoms with Crippen molar-refractivity contribution in [1.82, 2.24) is 4.90 Å². The summed E-state index contributed by atoms with van der Waals surface area (Å²) >= 11 is 0. The summed E-state index contributed by atoms with van der Waals surface area (Å²) in [7, 11) is 3.31. The number of methoxy groups -OCH3 is 1. The Balaban J connectivity index is 3.06. The number of ether oxygens (including phenoxy) is 1. The molecule has 4 heteroatoms. The molecular formula is C13H20N2O2. The van der Waals surface area contributed by atoms with Crippen LogP contribution in [0.1, 0.15) is 22.8 Å². The highest BCUT2D eigenvalue weighted by Crippen LogP contribution is 2.21. The largest absolute Gasteiger partial charge is 0.496 e. The van der Waals surface area contributed by atoms with Crippen molar-refractivity contribution in [1.29, 1.82) is 0 Å². The molecule has 1 aromatic carbocycles. The van der Waals surface area contributed by atoms with E-state index >= 15 is 0 Å². The molecule has 0 aliphatic heterocycles. The molecule has 1 unspecified atom stereocenters. The molecule has 0 spiro atoms. The van der Waals surface area contributed by atoms with E-state index in [0.717, 1.165) is 5.56 Å². The molecule has 0 bridgehead atoms. The lowest BCUT2D eigenvalue weighted by molar-refractivity contribution is 0.0745. The van der Waals surface area contributed by atoms with E-state index in [9.17, 15) is 4.79 Å². The van der Waals surface area contributed by atoms with E-state index in [1.807, 2.05) is 32.0 Å². The van der Waals surface area contributed by atoms with Crippen molar-refractivity contribution in [2.75, 3.05) is 20.7 Å². The van der Waals surface area contributed by atoms with Gasteiger partial charge in [-0.15, -0.1) is 0 Å². The summed E-state index contributed by atoms with van der Waals surface area (Å²) < 4.78 is 5.21. The van der Waals surface area contributed by atoms with Crippen LogP contribution in [0.5, 0.6) is 5.75 Å². The van der Waals surface area contributed by atoms with Gasteiger partial charge in [0.1, 0.15) is 5.75 Å². The van der Waals surface area contributed by atoms with Crippen LogP contribution in [0, 0.1) is 6.92 Å². The number of hydrogen-bond donors (Lipinski definition) is 1. The third-order valence-electron chi connectivity index (χ3n) is 2.91. The number of amides is 1. The highest BCUT2D eigenvalue weighted by atomic mass is 16.5. The van der Waals surface area contributed by atoms with Crippen molar-refractivity contribution < 1.29 is 9.53 Å². The van der Waals surface area contributed by atoms with Gasteiger partial charge in [-0.05, 0) is 26.0 Å². The third-order valence-corrected chi connectivity index (χ3v) is 2.91. The van der Waals surface area contributed by atoms with Gasteiger partial charge in [0.2, 0.25) is 0 Å². The molecular weight excluding hydrogens is 216 g/mol. The van der Waals surface area contributed by atoms with Gasteiger partial charge in [0.15, 0.2) is 0 Å². The number of nitrogens with two attached hydrogens (primary N) is 1. The number of aryl methyl sites for hydroxylation is 1. The van der Waals surface area contributed by atoms with E-state index in [1.54, 1.807) is 19.1 Å². The molecule has 0 aliphatic carbocycles. The first kappa shape index (κ1) is 13.5. The topological polar surface area (TPSA) is 55.6 Å². The fourth-order valence-corrected chi connectivity index (χ4v) is 1.54. The zero-order chi connectivity index (χ0) is 13.0. The molecule has 0 heterocycles. The van der Waals surface area contributed by atoms with Crippen LogP contribution < -0.4 is 10.5 Å². The van der Waals surface area contributed by atoms with Gasteiger partial charge in [0.05, 0.1) is 12.7 Å². The Hall–Kier alpha value is -1.55. The van der Waals surface area contributed by atoms with Gasteiger partial charge in [-0.1, -0.05) is 11.6 Å². The summed E-state index contributed by atoms with van der Waals surface area (Å²) in [5.74, 6) is 0.528. The second-order valence-corrected chi connectivity index (χ2v) is 4.20. The highest BCUT2D eigenvalue weighted by molar-refractivity contribution is 5.97. The van der Waals surface area contributed by atoms with Crippen LogP contribution in [0.3, 0.4) is 0 Å². The molecule has 1 amide bonds. The van der Waals surface area contributed by atoms with E-state index in [1.165, 1.54) is 0 Å². The maximum Gasteiger partial charge on any atom is 0.257 e. The minimum absolute atomic E-state index is 0.00715. The number of carbonyl (C=O) groups excluding carboxylic acids is 1. The second-order valence-electron chi connectivity index (χ2n) is 4.20. The van der Waals surface area contributed by atoms with Crippen molar-refractivity contribution in [2.45, 2.75) is 19.9 Å². The van der Waals surface area contributed by atoms with Gasteiger partial charge < -0.3 is 15.4 Å². The van der Waals surface area contributed by atoms with E-state index < -0.39 is 0 Å². The maximum atomic E-state index is 12.3. The molecule has 0 saturated heterocycles. The number of rotatable bonds is 4. The number of carbonyl (C=O) groups is 1. The normalized spacial score (nSPS) is 12.1. The second kappa shape index (κ2) is 5.68. The van der Waals surface area contributed by atoms with E-state index in [4.69, 9.17) is 10.5 Å². The summed E-state index contributed by atoms with van der Waals surface area (Å²) in [4.78, 5) is 13.9. The average Bonchev–Trinajstić information content (AvgIpc) is 2.35. The molecule has 0 saturated carbocycles. The van der Waals surface area contributed by atoms with Crippen LogP contribution >= 0.6 is 0 Å². The first-order chi connectivity index (χ1) is 8.01. The summed E-state index contributed by atoms with van der Waals surface area (Å²) in [6, 6.07) is 5.57. The molecule has 1 rings (SSSR count). The molecule has 2 N–H and O–H groups in total. The molecule has 17 heavy (non-hydrogen) atoms. The van der Waals surface area contributed by atoms with E-state index in [2.05, 4.69) is 0 Å². The summed E-state index contributed by atoms with van der Waals surface area (Å²) in [6.07, 6.45) is 0. The lowest BCUT2D eigenvalue weighted by Crippen LogP contribution is -2.39. The number of hydrogen-bond acceptors (Lipinski definition) is 3. The first-order valence-corrected chi connectivity index (χ1v) is 5.63. The number of benzene rings is 1. The van der Waals surface area contributed by atoms with Gasteiger partial charge in [-0.25, -0.2) is 0 Å². The van der Waals surface area contributed by atoms with Gasteiger partial charge in [-0.2, -0.15) is 0 Å².